The van der Waals surface area contributed by atoms with Crippen molar-refractivity contribution in [3.05, 3.63) is 0 Å². The SMILES string of the molecule is CCC1C(NC)C2OC(C)(C)OC2C(NC)C(CC)S1(=O)=O. The first-order valence-electron chi connectivity index (χ1n) is 8.16. The molecule has 6 unspecified atom stereocenters. The monoisotopic (exact) mass is 334 g/mol. The minimum atomic E-state index is -3.29. The molecule has 0 amide bonds. The van der Waals surface area contributed by atoms with Gasteiger partial charge in [0.2, 0.25) is 0 Å². The summed E-state index contributed by atoms with van der Waals surface area (Å²) in [5.74, 6) is -0.697. The van der Waals surface area contributed by atoms with Crippen molar-refractivity contribution in [3.63, 3.8) is 0 Å². The number of rotatable bonds is 4. The van der Waals surface area contributed by atoms with Gasteiger partial charge >= 0.3 is 0 Å². The molecule has 0 aromatic carbocycles. The van der Waals surface area contributed by atoms with Crippen molar-refractivity contribution < 1.29 is 17.9 Å². The van der Waals surface area contributed by atoms with Crippen LogP contribution in [0, 0.1) is 0 Å². The first-order chi connectivity index (χ1) is 10.2. The largest absolute Gasteiger partial charge is 0.343 e. The first kappa shape index (κ1) is 18.1. The minimum Gasteiger partial charge on any atom is -0.343 e. The second-order valence-electron chi connectivity index (χ2n) is 6.68. The van der Waals surface area contributed by atoms with Crippen LogP contribution < -0.4 is 10.6 Å². The molecule has 2 heterocycles. The topological polar surface area (TPSA) is 76.7 Å². The maximum atomic E-state index is 13.1. The van der Waals surface area contributed by atoms with Crippen molar-refractivity contribution in [3.8, 4) is 0 Å². The number of likely N-dealkylation sites (N-methyl/N-ethyl adjacent to an activating group) is 2. The van der Waals surface area contributed by atoms with Crippen LogP contribution in [0.5, 0.6) is 0 Å². The highest BCUT2D eigenvalue weighted by molar-refractivity contribution is 7.92. The van der Waals surface area contributed by atoms with E-state index in [4.69, 9.17) is 9.47 Å². The quantitative estimate of drug-likeness (QED) is 0.787. The average Bonchev–Trinajstić information content (AvgIpc) is 2.72. The molecule has 0 spiro atoms. The maximum absolute atomic E-state index is 13.1. The third kappa shape index (κ3) is 2.82. The van der Waals surface area contributed by atoms with E-state index in [0.717, 1.165) is 0 Å². The molecule has 2 aliphatic rings. The predicted molar refractivity (Wildman–Crippen MR) is 86.6 cm³/mol. The second kappa shape index (κ2) is 6.36. The summed E-state index contributed by atoms with van der Waals surface area (Å²) in [6.45, 7) is 7.62. The Morgan fingerprint density at radius 1 is 0.909 bits per heavy atom. The van der Waals surface area contributed by atoms with E-state index in [2.05, 4.69) is 10.6 Å². The van der Waals surface area contributed by atoms with Crippen molar-refractivity contribution in [1.29, 1.82) is 0 Å². The van der Waals surface area contributed by atoms with Crippen LogP contribution in [0.1, 0.15) is 40.5 Å². The van der Waals surface area contributed by atoms with Crippen molar-refractivity contribution in [2.75, 3.05) is 14.1 Å². The number of hydrogen-bond donors (Lipinski definition) is 2. The molecule has 0 aromatic heterocycles. The molecule has 22 heavy (non-hydrogen) atoms. The van der Waals surface area contributed by atoms with Gasteiger partial charge in [0.15, 0.2) is 15.6 Å². The van der Waals surface area contributed by atoms with Gasteiger partial charge in [-0.1, -0.05) is 13.8 Å². The Labute approximate surface area is 134 Å². The molecule has 6 nitrogen and oxygen atoms in total. The molecular formula is C15H30N2O4S. The molecule has 2 saturated heterocycles. The Morgan fingerprint density at radius 3 is 1.55 bits per heavy atom. The summed E-state index contributed by atoms with van der Waals surface area (Å²) in [4.78, 5) is 0. The molecule has 2 aliphatic heterocycles. The molecule has 0 aromatic rings. The molecular weight excluding hydrogens is 304 g/mol. The summed E-state index contributed by atoms with van der Waals surface area (Å²) in [6, 6.07) is -0.539. The fraction of sp³-hybridized carbons (Fsp3) is 1.00. The van der Waals surface area contributed by atoms with Crippen LogP contribution in [0.25, 0.3) is 0 Å². The zero-order valence-corrected chi connectivity index (χ0v) is 15.2. The second-order valence-corrected chi connectivity index (χ2v) is 9.07. The minimum absolute atomic E-state index is 0.269. The van der Waals surface area contributed by atoms with Gasteiger partial charge < -0.3 is 20.1 Å². The summed E-state index contributed by atoms with van der Waals surface area (Å²) in [7, 11) is 0.314. The van der Waals surface area contributed by atoms with Crippen LogP contribution in [-0.4, -0.2) is 63.1 Å². The lowest BCUT2D eigenvalue weighted by Crippen LogP contribution is -2.53. The Morgan fingerprint density at radius 2 is 1.27 bits per heavy atom. The molecule has 0 bridgehead atoms. The summed E-state index contributed by atoms with van der Waals surface area (Å²) < 4.78 is 38.5. The van der Waals surface area contributed by atoms with E-state index in [1.165, 1.54) is 0 Å². The van der Waals surface area contributed by atoms with Crippen LogP contribution in [-0.2, 0) is 19.3 Å². The number of hydrogen-bond acceptors (Lipinski definition) is 6. The number of ether oxygens (including phenoxy) is 2. The van der Waals surface area contributed by atoms with Gasteiger partial charge in [-0.2, -0.15) is 0 Å². The highest BCUT2D eigenvalue weighted by Gasteiger charge is 2.58. The van der Waals surface area contributed by atoms with Crippen LogP contribution >= 0.6 is 0 Å². The van der Waals surface area contributed by atoms with Gasteiger partial charge in [-0.3, -0.25) is 0 Å². The summed E-state index contributed by atoms with van der Waals surface area (Å²) >= 11 is 0. The van der Waals surface area contributed by atoms with Crippen molar-refractivity contribution in [2.24, 2.45) is 0 Å². The Balaban J connectivity index is 2.56. The van der Waals surface area contributed by atoms with E-state index in [1.54, 1.807) is 14.1 Å². The van der Waals surface area contributed by atoms with Crippen molar-refractivity contribution in [2.45, 2.75) is 81.1 Å². The lowest BCUT2D eigenvalue weighted by atomic mass is 9.94. The molecule has 0 radical (unpaired) electrons. The number of sulfone groups is 1. The van der Waals surface area contributed by atoms with E-state index in [0.29, 0.717) is 12.8 Å². The highest BCUT2D eigenvalue weighted by Crippen LogP contribution is 2.39. The smallest absolute Gasteiger partial charge is 0.163 e. The van der Waals surface area contributed by atoms with E-state index in [-0.39, 0.29) is 24.3 Å². The van der Waals surface area contributed by atoms with E-state index >= 15 is 0 Å². The van der Waals surface area contributed by atoms with Crippen LogP contribution in [0.2, 0.25) is 0 Å². The van der Waals surface area contributed by atoms with Gasteiger partial charge in [0.05, 0.1) is 22.6 Å². The average molecular weight is 334 g/mol. The van der Waals surface area contributed by atoms with Gasteiger partial charge in [0.1, 0.15) is 12.2 Å². The van der Waals surface area contributed by atoms with Crippen LogP contribution in [0.15, 0.2) is 0 Å². The Kier molecular flexibility index (Phi) is 5.24. The molecule has 2 fully saturated rings. The molecule has 0 aliphatic carbocycles. The number of nitrogens with one attached hydrogen (secondary N) is 2. The lowest BCUT2D eigenvalue weighted by molar-refractivity contribution is -0.151. The fourth-order valence-corrected chi connectivity index (χ4v) is 6.88. The zero-order chi connectivity index (χ0) is 16.7. The van der Waals surface area contributed by atoms with Gasteiger partial charge in [-0.05, 0) is 40.8 Å². The van der Waals surface area contributed by atoms with E-state index in [1.807, 2.05) is 27.7 Å². The van der Waals surface area contributed by atoms with Crippen LogP contribution in [0.4, 0.5) is 0 Å². The number of fused-ring (bicyclic) bond motifs is 1. The predicted octanol–water partition coefficient (Wildman–Crippen LogP) is 0.668. The third-order valence-electron chi connectivity index (χ3n) is 4.99. The third-order valence-corrected chi connectivity index (χ3v) is 7.93. The lowest BCUT2D eigenvalue weighted by Gasteiger charge is -2.30. The van der Waals surface area contributed by atoms with E-state index in [9.17, 15) is 8.42 Å². The maximum Gasteiger partial charge on any atom is 0.163 e. The summed E-state index contributed by atoms with van der Waals surface area (Å²) in [5.41, 5.74) is 0. The Hall–Kier alpha value is -0.210. The van der Waals surface area contributed by atoms with Gasteiger partial charge in [0, 0.05) is 0 Å². The molecule has 130 valence electrons. The summed E-state index contributed by atoms with van der Waals surface area (Å²) in [5, 5.41) is 5.44. The molecule has 2 N–H and O–H groups in total. The van der Waals surface area contributed by atoms with Crippen molar-refractivity contribution in [1.82, 2.24) is 10.6 Å². The summed E-state index contributed by atoms with van der Waals surface area (Å²) in [6.07, 6.45) is 0.559. The zero-order valence-electron chi connectivity index (χ0n) is 14.4. The molecule has 2 rings (SSSR count). The van der Waals surface area contributed by atoms with Gasteiger partial charge in [0.25, 0.3) is 0 Å². The normalized spacial score (nSPS) is 43.5. The standard InChI is InChI=1S/C15H30N2O4S/c1-7-9-11(16-5)13-14(21-15(3,4)20-13)12(17-6)10(8-2)22(9,18)19/h9-14,16-17H,7-8H2,1-6H3. The van der Waals surface area contributed by atoms with Crippen molar-refractivity contribution >= 4 is 9.84 Å². The molecule has 0 saturated carbocycles. The Bertz CT molecular complexity index is 458. The van der Waals surface area contributed by atoms with Gasteiger partial charge in [-0.15, -0.1) is 0 Å². The highest BCUT2D eigenvalue weighted by atomic mass is 32.2. The molecule has 6 atom stereocenters. The van der Waals surface area contributed by atoms with Gasteiger partial charge in [-0.25, -0.2) is 8.42 Å². The molecule has 7 heteroatoms. The first-order valence-corrected chi connectivity index (χ1v) is 9.77. The van der Waals surface area contributed by atoms with E-state index < -0.39 is 26.1 Å². The van der Waals surface area contributed by atoms with Crippen LogP contribution in [0.3, 0.4) is 0 Å². The fourth-order valence-electron chi connectivity index (χ4n) is 4.10.